The van der Waals surface area contributed by atoms with Gasteiger partial charge in [-0.3, -0.25) is 11.3 Å². The molecule has 0 saturated heterocycles. The zero-order valence-electron chi connectivity index (χ0n) is 11.2. The third-order valence-corrected chi connectivity index (χ3v) is 3.56. The highest BCUT2D eigenvalue weighted by molar-refractivity contribution is 6.31. The maximum absolute atomic E-state index is 13.2. The largest absolute Gasteiger partial charge is 0.492 e. The van der Waals surface area contributed by atoms with Gasteiger partial charge in [0.25, 0.3) is 0 Å². The van der Waals surface area contributed by atoms with E-state index in [1.807, 2.05) is 0 Å². The van der Waals surface area contributed by atoms with Crippen molar-refractivity contribution >= 4 is 23.2 Å². The van der Waals surface area contributed by atoms with E-state index in [4.69, 9.17) is 33.8 Å². The van der Waals surface area contributed by atoms with Crippen LogP contribution in [0.2, 0.25) is 10.0 Å². The van der Waals surface area contributed by atoms with Crippen LogP contribution >= 0.6 is 23.2 Å². The second-order valence-corrected chi connectivity index (χ2v) is 5.42. The normalized spacial score (nSPS) is 12.2. The standard InChI is InChI=1S/C15H15Cl2FN2O/c16-11-2-1-3-14(8-11)21-9-13(20-19)7-10-6-12(18)4-5-15(10)17/h1-6,8,13,20H,7,9,19H2. The minimum atomic E-state index is -0.332. The van der Waals surface area contributed by atoms with E-state index >= 15 is 0 Å². The highest BCUT2D eigenvalue weighted by Crippen LogP contribution is 2.20. The van der Waals surface area contributed by atoms with Crippen molar-refractivity contribution in [3.8, 4) is 5.75 Å². The Labute approximate surface area is 132 Å². The quantitative estimate of drug-likeness (QED) is 0.629. The fourth-order valence-corrected chi connectivity index (χ4v) is 2.26. The van der Waals surface area contributed by atoms with Gasteiger partial charge < -0.3 is 4.74 Å². The van der Waals surface area contributed by atoms with E-state index in [1.54, 1.807) is 24.3 Å². The molecule has 3 N–H and O–H groups in total. The van der Waals surface area contributed by atoms with Crippen LogP contribution in [0.15, 0.2) is 42.5 Å². The van der Waals surface area contributed by atoms with Crippen molar-refractivity contribution in [1.82, 2.24) is 5.43 Å². The molecule has 0 spiro atoms. The highest BCUT2D eigenvalue weighted by Gasteiger charge is 2.12. The molecule has 0 heterocycles. The predicted molar refractivity (Wildman–Crippen MR) is 83.2 cm³/mol. The van der Waals surface area contributed by atoms with Crippen molar-refractivity contribution in [2.75, 3.05) is 6.61 Å². The first-order valence-corrected chi connectivity index (χ1v) is 7.12. The molecular formula is C15H15Cl2FN2O. The van der Waals surface area contributed by atoms with E-state index in [9.17, 15) is 4.39 Å². The summed E-state index contributed by atoms with van der Waals surface area (Å²) in [5, 5.41) is 1.09. The van der Waals surface area contributed by atoms with Gasteiger partial charge >= 0.3 is 0 Å². The molecule has 0 aliphatic carbocycles. The zero-order chi connectivity index (χ0) is 15.2. The summed E-state index contributed by atoms with van der Waals surface area (Å²) in [6, 6.07) is 11.1. The molecule has 6 heteroatoms. The Balaban J connectivity index is 1.98. The van der Waals surface area contributed by atoms with Crippen molar-refractivity contribution in [1.29, 1.82) is 0 Å². The molecule has 0 amide bonds. The summed E-state index contributed by atoms with van der Waals surface area (Å²) in [6.07, 6.45) is 0.452. The molecule has 0 fully saturated rings. The first kappa shape index (κ1) is 16.0. The Bertz CT molecular complexity index is 610. The lowest BCUT2D eigenvalue weighted by Gasteiger charge is -2.17. The Hall–Kier alpha value is -1.33. The van der Waals surface area contributed by atoms with Crippen molar-refractivity contribution in [2.24, 2.45) is 5.84 Å². The summed E-state index contributed by atoms with van der Waals surface area (Å²) in [7, 11) is 0. The van der Waals surface area contributed by atoms with Crippen LogP contribution in [-0.2, 0) is 6.42 Å². The number of nitrogens with one attached hydrogen (secondary N) is 1. The SMILES string of the molecule is NNC(COc1cccc(Cl)c1)Cc1cc(F)ccc1Cl. The number of halogens is 3. The van der Waals surface area contributed by atoms with Crippen LogP contribution in [-0.4, -0.2) is 12.6 Å². The average molecular weight is 329 g/mol. The molecule has 2 aromatic rings. The molecule has 0 aliphatic heterocycles. The molecule has 2 rings (SSSR count). The number of hydrazine groups is 1. The van der Waals surface area contributed by atoms with Crippen LogP contribution in [0.1, 0.15) is 5.56 Å². The van der Waals surface area contributed by atoms with Crippen LogP contribution < -0.4 is 16.0 Å². The van der Waals surface area contributed by atoms with Crippen LogP contribution in [0.5, 0.6) is 5.75 Å². The van der Waals surface area contributed by atoms with E-state index in [2.05, 4.69) is 5.43 Å². The Morgan fingerprint density at radius 1 is 1.19 bits per heavy atom. The van der Waals surface area contributed by atoms with E-state index < -0.39 is 0 Å². The molecule has 0 aromatic heterocycles. The van der Waals surface area contributed by atoms with E-state index in [-0.39, 0.29) is 11.9 Å². The minimum absolute atomic E-state index is 0.205. The molecule has 0 saturated carbocycles. The van der Waals surface area contributed by atoms with Crippen LogP contribution in [0.4, 0.5) is 4.39 Å². The molecule has 0 bridgehead atoms. The lowest BCUT2D eigenvalue weighted by Crippen LogP contribution is -2.41. The van der Waals surface area contributed by atoms with Gasteiger partial charge in [0, 0.05) is 10.0 Å². The molecule has 0 radical (unpaired) electrons. The maximum atomic E-state index is 13.2. The molecule has 21 heavy (non-hydrogen) atoms. The van der Waals surface area contributed by atoms with Crippen molar-refractivity contribution in [3.63, 3.8) is 0 Å². The van der Waals surface area contributed by atoms with Gasteiger partial charge in [-0.05, 0) is 48.4 Å². The summed E-state index contributed by atoms with van der Waals surface area (Å²) in [5.41, 5.74) is 3.32. The Morgan fingerprint density at radius 3 is 2.71 bits per heavy atom. The Morgan fingerprint density at radius 2 is 2.00 bits per heavy atom. The monoisotopic (exact) mass is 328 g/mol. The second kappa shape index (κ2) is 7.61. The third-order valence-electron chi connectivity index (χ3n) is 2.96. The average Bonchev–Trinajstić information content (AvgIpc) is 2.47. The summed E-state index contributed by atoms with van der Waals surface area (Å²) in [4.78, 5) is 0. The Kier molecular flexibility index (Phi) is 5.82. The van der Waals surface area contributed by atoms with Crippen molar-refractivity contribution in [3.05, 3.63) is 63.9 Å². The van der Waals surface area contributed by atoms with E-state index in [0.717, 1.165) is 0 Å². The van der Waals surface area contributed by atoms with Gasteiger partial charge in [-0.25, -0.2) is 4.39 Å². The van der Waals surface area contributed by atoms with Crippen LogP contribution in [0.3, 0.4) is 0 Å². The lowest BCUT2D eigenvalue weighted by molar-refractivity contribution is 0.264. The number of hydrogen-bond acceptors (Lipinski definition) is 3. The molecule has 1 unspecified atom stereocenters. The van der Waals surface area contributed by atoms with Crippen LogP contribution in [0.25, 0.3) is 0 Å². The highest BCUT2D eigenvalue weighted by atomic mass is 35.5. The van der Waals surface area contributed by atoms with E-state index in [0.29, 0.717) is 34.4 Å². The minimum Gasteiger partial charge on any atom is -0.492 e. The zero-order valence-corrected chi connectivity index (χ0v) is 12.7. The molecule has 0 aliphatic rings. The number of nitrogens with two attached hydrogens (primary N) is 1. The first-order valence-electron chi connectivity index (χ1n) is 6.37. The van der Waals surface area contributed by atoms with Crippen LogP contribution in [0, 0.1) is 5.82 Å². The summed E-state index contributed by atoms with van der Waals surface area (Å²) < 4.78 is 18.9. The number of ether oxygens (including phenoxy) is 1. The fourth-order valence-electron chi connectivity index (χ4n) is 1.88. The maximum Gasteiger partial charge on any atom is 0.123 e. The van der Waals surface area contributed by atoms with Gasteiger partial charge in [0.1, 0.15) is 18.2 Å². The molecular weight excluding hydrogens is 314 g/mol. The van der Waals surface area contributed by atoms with E-state index in [1.165, 1.54) is 18.2 Å². The topological polar surface area (TPSA) is 47.3 Å². The smallest absolute Gasteiger partial charge is 0.123 e. The molecule has 1 atom stereocenters. The third kappa shape index (κ3) is 4.86. The van der Waals surface area contributed by atoms with Gasteiger partial charge in [0.05, 0.1) is 6.04 Å². The summed E-state index contributed by atoms with van der Waals surface area (Å²) in [5.74, 6) is 5.82. The number of rotatable bonds is 6. The van der Waals surface area contributed by atoms with Gasteiger partial charge in [0.2, 0.25) is 0 Å². The second-order valence-electron chi connectivity index (χ2n) is 4.57. The lowest BCUT2D eigenvalue weighted by atomic mass is 10.1. The number of benzene rings is 2. The molecule has 112 valence electrons. The fraction of sp³-hybridized carbons (Fsp3) is 0.200. The van der Waals surface area contributed by atoms with Gasteiger partial charge in [-0.1, -0.05) is 29.3 Å². The molecule has 2 aromatic carbocycles. The van der Waals surface area contributed by atoms with Crippen molar-refractivity contribution in [2.45, 2.75) is 12.5 Å². The summed E-state index contributed by atoms with van der Waals surface area (Å²) in [6.45, 7) is 0.309. The van der Waals surface area contributed by atoms with Gasteiger partial charge in [0.15, 0.2) is 0 Å². The summed E-state index contributed by atoms with van der Waals surface area (Å²) >= 11 is 11.9. The van der Waals surface area contributed by atoms with Gasteiger partial charge in [-0.2, -0.15) is 0 Å². The van der Waals surface area contributed by atoms with Crippen molar-refractivity contribution < 1.29 is 9.13 Å². The van der Waals surface area contributed by atoms with Gasteiger partial charge in [-0.15, -0.1) is 0 Å². The molecule has 3 nitrogen and oxygen atoms in total. The first-order chi connectivity index (χ1) is 10.1. The number of hydrogen-bond donors (Lipinski definition) is 2. The predicted octanol–water partition coefficient (Wildman–Crippen LogP) is 3.59.